The van der Waals surface area contributed by atoms with Crippen LogP contribution >= 0.6 is 11.8 Å². The number of hydrogen-bond acceptors (Lipinski definition) is 2. The van der Waals surface area contributed by atoms with Gasteiger partial charge in [-0.25, -0.2) is 0 Å². The Morgan fingerprint density at radius 1 is 1.16 bits per heavy atom. The first kappa shape index (κ1) is 12.8. The van der Waals surface area contributed by atoms with Gasteiger partial charge in [-0.05, 0) is 30.5 Å². The minimum atomic E-state index is 0.683. The number of hydrogen-bond donors (Lipinski definition) is 1. The van der Waals surface area contributed by atoms with E-state index in [1.807, 2.05) is 11.8 Å². The van der Waals surface area contributed by atoms with E-state index in [0.717, 1.165) is 13.1 Å². The Bertz CT molecular complexity index is 540. The average Bonchev–Trinajstić information content (AvgIpc) is 2.81. The summed E-state index contributed by atoms with van der Waals surface area (Å²) < 4.78 is 0. The van der Waals surface area contributed by atoms with Gasteiger partial charge < -0.3 is 5.32 Å². The zero-order valence-electron chi connectivity index (χ0n) is 11.2. The van der Waals surface area contributed by atoms with Gasteiger partial charge in [-0.15, -0.1) is 11.8 Å². The summed E-state index contributed by atoms with van der Waals surface area (Å²) in [5.74, 6) is 0. The third-order valence-corrected chi connectivity index (χ3v) is 4.82. The molecule has 0 amide bonds. The molecule has 0 saturated carbocycles. The molecule has 0 fully saturated rings. The Morgan fingerprint density at radius 3 is 2.89 bits per heavy atom. The van der Waals surface area contributed by atoms with Crippen molar-refractivity contribution in [2.45, 2.75) is 30.0 Å². The lowest BCUT2D eigenvalue weighted by atomic mass is 10.1. The number of nitrogens with one attached hydrogen (secondary N) is 1. The maximum absolute atomic E-state index is 3.58. The summed E-state index contributed by atoms with van der Waals surface area (Å²) in [5, 5.41) is 4.27. The van der Waals surface area contributed by atoms with Crippen LogP contribution in [0.4, 0.5) is 0 Å². The lowest BCUT2D eigenvalue weighted by Crippen LogP contribution is -2.24. The van der Waals surface area contributed by atoms with E-state index in [2.05, 4.69) is 60.8 Å². The standard InChI is InChI=1S/C17H19NS/c1-13-5-4-6-14(9-13)11-18-12-16-10-15-7-2-3-8-17(15)19-16/h2-9,16,18H,10-12H2,1H3. The van der Waals surface area contributed by atoms with E-state index in [1.54, 1.807) is 0 Å². The van der Waals surface area contributed by atoms with Crippen molar-refractivity contribution >= 4 is 11.8 Å². The minimum Gasteiger partial charge on any atom is -0.312 e. The van der Waals surface area contributed by atoms with Crippen molar-refractivity contribution in [2.24, 2.45) is 0 Å². The van der Waals surface area contributed by atoms with Crippen molar-refractivity contribution in [3.8, 4) is 0 Å². The molecule has 2 heteroatoms. The van der Waals surface area contributed by atoms with E-state index < -0.39 is 0 Å². The predicted octanol–water partition coefficient (Wildman–Crippen LogP) is 3.80. The molecule has 0 aromatic heterocycles. The van der Waals surface area contributed by atoms with Crippen LogP contribution in [0.25, 0.3) is 0 Å². The first-order chi connectivity index (χ1) is 9.31. The van der Waals surface area contributed by atoms with Gasteiger partial charge in [0.05, 0.1) is 0 Å². The summed E-state index contributed by atoms with van der Waals surface area (Å²) in [6.45, 7) is 4.19. The molecule has 2 aromatic rings. The molecule has 3 rings (SSSR count). The molecule has 1 atom stereocenters. The van der Waals surface area contributed by atoms with E-state index >= 15 is 0 Å². The molecule has 1 heterocycles. The van der Waals surface area contributed by atoms with Gasteiger partial charge in [-0.2, -0.15) is 0 Å². The van der Waals surface area contributed by atoms with E-state index in [4.69, 9.17) is 0 Å². The van der Waals surface area contributed by atoms with Gasteiger partial charge in [-0.1, -0.05) is 48.0 Å². The molecule has 0 bridgehead atoms. The second kappa shape index (κ2) is 5.81. The van der Waals surface area contributed by atoms with Crippen molar-refractivity contribution < 1.29 is 0 Å². The van der Waals surface area contributed by atoms with Gasteiger partial charge in [0.25, 0.3) is 0 Å². The Hall–Kier alpha value is -1.25. The second-order valence-corrected chi connectivity index (χ2v) is 6.51. The number of rotatable bonds is 4. The third-order valence-electron chi connectivity index (χ3n) is 3.50. The molecule has 0 aliphatic carbocycles. The predicted molar refractivity (Wildman–Crippen MR) is 82.7 cm³/mol. The van der Waals surface area contributed by atoms with Crippen LogP contribution in [0.1, 0.15) is 16.7 Å². The number of aryl methyl sites for hydroxylation is 1. The summed E-state index contributed by atoms with van der Waals surface area (Å²) in [6, 6.07) is 17.5. The Labute approximate surface area is 119 Å². The van der Waals surface area contributed by atoms with Crippen molar-refractivity contribution in [1.29, 1.82) is 0 Å². The topological polar surface area (TPSA) is 12.0 Å². The van der Waals surface area contributed by atoms with Crippen LogP contribution in [0.3, 0.4) is 0 Å². The van der Waals surface area contributed by atoms with Crippen molar-refractivity contribution in [3.63, 3.8) is 0 Å². The summed E-state index contributed by atoms with van der Waals surface area (Å²) in [5.41, 5.74) is 4.22. The van der Waals surface area contributed by atoms with Crippen LogP contribution in [0, 0.1) is 6.92 Å². The Kier molecular flexibility index (Phi) is 3.90. The zero-order valence-corrected chi connectivity index (χ0v) is 12.0. The fourth-order valence-electron chi connectivity index (χ4n) is 2.57. The summed E-state index contributed by atoms with van der Waals surface area (Å²) in [6.07, 6.45) is 1.20. The smallest absolute Gasteiger partial charge is 0.0260 e. The van der Waals surface area contributed by atoms with Crippen LogP contribution in [-0.2, 0) is 13.0 Å². The maximum Gasteiger partial charge on any atom is 0.0260 e. The van der Waals surface area contributed by atoms with Crippen LogP contribution in [-0.4, -0.2) is 11.8 Å². The molecule has 1 unspecified atom stereocenters. The van der Waals surface area contributed by atoms with Crippen molar-refractivity contribution in [2.75, 3.05) is 6.54 Å². The molecule has 2 aromatic carbocycles. The van der Waals surface area contributed by atoms with Gasteiger partial charge in [0.2, 0.25) is 0 Å². The molecule has 1 aliphatic heterocycles. The highest BCUT2D eigenvalue weighted by molar-refractivity contribution is 8.00. The third kappa shape index (κ3) is 3.20. The van der Waals surface area contributed by atoms with E-state index in [-0.39, 0.29) is 0 Å². The normalized spacial score (nSPS) is 17.4. The Balaban J connectivity index is 1.50. The monoisotopic (exact) mass is 269 g/mol. The quantitative estimate of drug-likeness (QED) is 0.906. The summed E-state index contributed by atoms with van der Waals surface area (Å²) >= 11 is 2.01. The fraction of sp³-hybridized carbons (Fsp3) is 0.294. The molecule has 1 aliphatic rings. The number of fused-ring (bicyclic) bond motifs is 1. The maximum atomic E-state index is 3.58. The minimum absolute atomic E-state index is 0.683. The average molecular weight is 269 g/mol. The number of thioether (sulfide) groups is 1. The molecule has 19 heavy (non-hydrogen) atoms. The molecule has 0 spiro atoms. The van der Waals surface area contributed by atoms with Crippen LogP contribution in [0.5, 0.6) is 0 Å². The van der Waals surface area contributed by atoms with Crippen molar-refractivity contribution in [1.82, 2.24) is 5.32 Å². The van der Waals surface area contributed by atoms with E-state index in [0.29, 0.717) is 5.25 Å². The van der Waals surface area contributed by atoms with Gasteiger partial charge in [0.1, 0.15) is 0 Å². The molecular weight excluding hydrogens is 250 g/mol. The Morgan fingerprint density at radius 2 is 2.05 bits per heavy atom. The lowest BCUT2D eigenvalue weighted by molar-refractivity contribution is 0.665. The molecule has 0 radical (unpaired) electrons. The van der Waals surface area contributed by atoms with Crippen LogP contribution in [0.15, 0.2) is 53.4 Å². The first-order valence-corrected chi connectivity index (χ1v) is 7.70. The van der Waals surface area contributed by atoms with Gasteiger partial charge in [0.15, 0.2) is 0 Å². The van der Waals surface area contributed by atoms with Crippen LogP contribution < -0.4 is 5.32 Å². The molecule has 0 saturated heterocycles. The lowest BCUT2D eigenvalue weighted by Gasteiger charge is -2.10. The fourth-order valence-corrected chi connectivity index (χ4v) is 3.85. The molecular formula is C17H19NS. The molecule has 1 nitrogen and oxygen atoms in total. The van der Waals surface area contributed by atoms with Gasteiger partial charge in [-0.3, -0.25) is 0 Å². The van der Waals surface area contributed by atoms with E-state index in [9.17, 15) is 0 Å². The van der Waals surface area contributed by atoms with Gasteiger partial charge in [0, 0.05) is 23.2 Å². The highest BCUT2D eigenvalue weighted by atomic mass is 32.2. The summed E-state index contributed by atoms with van der Waals surface area (Å²) in [7, 11) is 0. The largest absolute Gasteiger partial charge is 0.312 e. The first-order valence-electron chi connectivity index (χ1n) is 6.82. The molecule has 1 N–H and O–H groups in total. The summed E-state index contributed by atoms with van der Waals surface area (Å²) in [4.78, 5) is 1.46. The van der Waals surface area contributed by atoms with Crippen LogP contribution in [0.2, 0.25) is 0 Å². The van der Waals surface area contributed by atoms with Gasteiger partial charge >= 0.3 is 0 Å². The number of benzene rings is 2. The SMILES string of the molecule is Cc1cccc(CNCC2Cc3ccccc3S2)c1. The highest BCUT2D eigenvalue weighted by Gasteiger charge is 2.20. The highest BCUT2D eigenvalue weighted by Crippen LogP contribution is 2.36. The molecule has 98 valence electrons. The zero-order chi connectivity index (χ0) is 13.1. The van der Waals surface area contributed by atoms with E-state index in [1.165, 1.54) is 28.0 Å². The second-order valence-electron chi connectivity index (χ2n) is 5.17. The van der Waals surface area contributed by atoms with Crippen molar-refractivity contribution in [3.05, 3.63) is 65.2 Å².